The van der Waals surface area contributed by atoms with E-state index in [9.17, 15) is 5.11 Å². The lowest BCUT2D eigenvalue weighted by Gasteiger charge is -2.26. The lowest BCUT2D eigenvalue weighted by Crippen LogP contribution is -2.33. The fourth-order valence-corrected chi connectivity index (χ4v) is 3.10. The quantitative estimate of drug-likeness (QED) is 0.881. The highest BCUT2D eigenvalue weighted by Crippen LogP contribution is 2.27. The fourth-order valence-electron chi connectivity index (χ4n) is 3.10. The van der Waals surface area contributed by atoms with Crippen LogP contribution in [-0.2, 0) is 6.54 Å². The molecule has 3 rings (SSSR count). The van der Waals surface area contributed by atoms with Gasteiger partial charge < -0.3 is 5.11 Å². The lowest BCUT2D eigenvalue weighted by atomic mass is 10.0. The van der Waals surface area contributed by atoms with E-state index in [1.165, 1.54) is 12.8 Å². The molecule has 1 aliphatic rings. The zero-order valence-electron chi connectivity index (χ0n) is 12.2. The molecule has 1 saturated heterocycles. The topological polar surface area (TPSA) is 54.2 Å². The molecule has 2 aromatic rings. The van der Waals surface area contributed by atoms with Crippen molar-refractivity contribution in [2.24, 2.45) is 0 Å². The molecule has 21 heavy (non-hydrogen) atoms. The summed E-state index contributed by atoms with van der Waals surface area (Å²) in [5.74, 6) is 0. The maximum absolute atomic E-state index is 10.4. The van der Waals surface area contributed by atoms with Crippen molar-refractivity contribution >= 4 is 0 Å². The molecule has 0 aliphatic carbocycles. The average molecular weight is 286 g/mol. The van der Waals surface area contributed by atoms with Crippen molar-refractivity contribution in [3.05, 3.63) is 48.5 Å². The second kappa shape index (κ2) is 6.83. The Kier molecular flexibility index (Phi) is 4.62. The molecule has 1 aliphatic heterocycles. The predicted molar refractivity (Wildman–Crippen MR) is 80.6 cm³/mol. The van der Waals surface area contributed by atoms with E-state index in [0.717, 1.165) is 31.6 Å². The second-order valence-electron chi connectivity index (χ2n) is 5.65. The van der Waals surface area contributed by atoms with E-state index in [-0.39, 0.29) is 6.10 Å². The van der Waals surface area contributed by atoms with Crippen LogP contribution in [0.2, 0.25) is 0 Å². The van der Waals surface area contributed by atoms with Gasteiger partial charge in [0.15, 0.2) is 0 Å². The van der Waals surface area contributed by atoms with E-state index < -0.39 is 0 Å². The average Bonchev–Trinajstić information content (AvgIpc) is 3.17. The number of hydrogen-bond acceptors (Lipinski definition) is 4. The third-order valence-electron chi connectivity index (χ3n) is 4.26. The van der Waals surface area contributed by atoms with Crippen molar-refractivity contribution in [1.82, 2.24) is 19.7 Å². The maximum Gasteiger partial charge on any atom is 0.137 e. The molecule has 1 aromatic heterocycles. The Bertz CT molecular complexity index is 528. The summed E-state index contributed by atoms with van der Waals surface area (Å²) >= 11 is 0. The van der Waals surface area contributed by atoms with Crippen molar-refractivity contribution in [2.45, 2.75) is 38.0 Å². The number of aromatic nitrogens is 3. The largest absolute Gasteiger partial charge is 0.388 e. The molecule has 112 valence electrons. The van der Waals surface area contributed by atoms with Crippen molar-refractivity contribution in [3.8, 4) is 0 Å². The summed E-state index contributed by atoms with van der Waals surface area (Å²) in [4.78, 5) is 6.43. The van der Waals surface area contributed by atoms with E-state index in [1.54, 1.807) is 12.7 Å². The van der Waals surface area contributed by atoms with Crippen molar-refractivity contribution in [3.63, 3.8) is 0 Å². The predicted octanol–water partition coefficient (Wildman–Crippen LogP) is 1.87. The Morgan fingerprint density at radius 3 is 2.86 bits per heavy atom. The molecule has 0 unspecified atom stereocenters. The van der Waals surface area contributed by atoms with Crippen molar-refractivity contribution in [2.75, 3.05) is 13.1 Å². The Hall–Kier alpha value is -1.72. The number of nitrogens with zero attached hydrogens (tertiary/aromatic N) is 4. The van der Waals surface area contributed by atoms with Crippen LogP contribution >= 0.6 is 0 Å². The zero-order valence-corrected chi connectivity index (χ0v) is 12.2. The van der Waals surface area contributed by atoms with Gasteiger partial charge in [0, 0.05) is 12.6 Å². The molecule has 1 fully saturated rings. The van der Waals surface area contributed by atoms with Gasteiger partial charge in [-0.2, -0.15) is 5.10 Å². The zero-order chi connectivity index (χ0) is 14.5. The van der Waals surface area contributed by atoms with Gasteiger partial charge in [-0.1, -0.05) is 30.3 Å². The van der Waals surface area contributed by atoms with Crippen LogP contribution in [0.1, 0.15) is 30.9 Å². The van der Waals surface area contributed by atoms with Gasteiger partial charge in [-0.05, 0) is 31.4 Å². The first-order chi connectivity index (χ1) is 10.3. The molecule has 1 aromatic carbocycles. The third kappa shape index (κ3) is 3.68. The number of aliphatic hydroxyl groups is 1. The van der Waals surface area contributed by atoms with Crippen LogP contribution in [0.4, 0.5) is 0 Å². The Labute approximate surface area is 125 Å². The summed E-state index contributed by atoms with van der Waals surface area (Å²) in [6.07, 6.45) is 6.14. The van der Waals surface area contributed by atoms with E-state index >= 15 is 0 Å². The van der Waals surface area contributed by atoms with E-state index in [2.05, 4.69) is 15.0 Å². The molecule has 0 amide bonds. The van der Waals surface area contributed by atoms with Crippen LogP contribution in [0.15, 0.2) is 43.0 Å². The first kappa shape index (κ1) is 14.2. The molecule has 0 radical (unpaired) electrons. The van der Waals surface area contributed by atoms with Gasteiger partial charge in [0.05, 0.1) is 12.6 Å². The highest BCUT2D eigenvalue weighted by atomic mass is 16.3. The molecular formula is C16H22N4O. The summed E-state index contributed by atoms with van der Waals surface area (Å²) in [7, 11) is 0. The van der Waals surface area contributed by atoms with Gasteiger partial charge in [0.25, 0.3) is 0 Å². The minimum Gasteiger partial charge on any atom is -0.388 e. The Balaban J connectivity index is 1.54. The van der Waals surface area contributed by atoms with Crippen LogP contribution in [0.3, 0.4) is 0 Å². The molecule has 0 saturated carbocycles. The first-order valence-corrected chi connectivity index (χ1v) is 7.62. The third-order valence-corrected chi connectivity index (χ3v) is 4.26. The van der Waals surface area contributed by atoms with Gasteiger partial charge in [-0.25, -0.2) is 4.98 Å². The van der Waals surface area contributed by atoms with Crippen molar-refractivity contribution < 1.29 is 5.11 Å². The molecule has 1 N–H and O–H groups in total. The number of likely N-dealkylation sites (tertiary alicyclic amines) is 1. The SMILES string of the molecule is O[C@@H](C[C@H]1CCCN1CCn1cncn1)c1ccccc1. The van der Waals surface area contributed by atoms with Crippen LogP contribution in [0, 0.1) is 0 Å². The van der Waals surface area contributed by atoms with E-state index in [1.807, 2.05) is 35.0 Å². The molecule has 5 nitrogen and oxygen atoms in total. The van der Waals surface area contributed by atoms with Crippen LogP contribution in [0.5, 0.6) is 0 Å². The van der Waals surface area contributed by atoms with Crippen molar-refractivity contribution in [1.29, 1.82) is 0 Å². The minimum atomic E-state index is -0.372. The van der Waals surface area contributed by atoms with E-state index in [4.69, 9.17) is 0 Å². The lowest BCUT2D eigenvalue weighted by molar-refractivity contribution is 0.118. The van der Waals surface area contributed by atoms with Crippen LogP contribution in [-0.4, -0.2) is 43.9 Å². The maximum atomic E-state index is 10.4. The highest BCUT2D eigenvalue weighted by Gasteiger charge is 2.26. The monoisotopic (exact) mass is 286 g/mol. The number of rotatable bonds is 6. The molecular weight excluding hydrogens is 264 g/mol. The summed E-state index contributed by atoms with van der Waals surface area (Å²) in [5, 5.41) is 14.5. The minimum absolute atomic E-state index is 0.372. The molecule has 5 heteroatoms. The highest BCUT2D eigenvalue weighted by molar-refractivity contribution is 5.17. The fraction of sp³-hybridized carbons (Fsp3) is 0.500. The Morgan fingerprint density at radius 2 is 2.10 bits per heavy atom. The molecule has 0 bridgehead atoms. The van der Waals surface area contributed by atoms with Gasteiger partial charge in [0.1, 0.15) is 12.7 Å². The summed E-state index contributed by atoms with van der Waals surface area (Å²) in [6.45, 7) is 2.94. The molecule has 2 atom stereocenters. The summed E-state index contributed by atoms with van der Waals surface area (Å²) < 4.78 is 1.86. The molecule has 0 spiro atoms. The standard InChI is InChI=1S/C16H22N4O/c21-16(14-5-2-1-3-6-14)11-15-7-4-8-19(15)9-10-20-13-17-12-18-20/h1-3,5-6,12-13,15-16,21H,4,7-11H2/t15-,16+/m1/s1. The summed E-state index contributed by atoms with van der Waals surface area (Å²) in [6, 6.07) is 10.4. The normalized spacial score (nSPS) is 20.7. The van der Waals surface area contributed by atoms with Gasteiger partial charge in [0.2, 0.25) is 0 Å². The first-order valence-electron chi connectivity index (χ1n) is 7.62. The van der Waals surface area contributed by atoms with Gasteiger partial charge in [-0.15, -0.1) is 0 Å². The van der Waals surface area contributed by atoms with Gasteiger partial charge in [-0.3, -0.25) is 9.58 Å². The number of benzene rings is 1. The van der Waals surface area contributed by atoms with Crippen LogP contribution < -0.4 is 0 Å². The van der Waals surface area contributed by atoms with Crippen LogP contribution in [0.25, 0.3) is 0 Å². The van der Waals surface area contributed by atoms with E-state index in [0.29, 0.717) is 6.04 Å². The smallest absolute Gasteiger partial charge is 0.137 e. The summed E-state index contributed by atoms with van der Waals surface area (Å²) in [5.41, 5.74) is 1.01. The Morgan fingerprint density at radius 1 is 1.24 bits per heavy atom. The second-order valence-corrected chi connectivity index (χ2v) is 5.65. The molecule has 2 heterocycles. The number of hydrogen-bond donors (Lipinski definition) is 1. The number of aliphatic hydroxyl groups excluding tert-OH is 1. The van der Waals surface area contributed by atoms with Gasteiger partial charge >= 0.3 is 0 Å².